The van der Waals surface area contributed by atoms with Gasteiger partial charge in [0, 0.05) is 25.9 Å². The number of rotatable bonds is 5. The lowest BCUT2D eigenvalue weighted by atomic mass is 10.2. The fourth-order valence-corrected chi connectivity index (χ4v) is 1.36. The van der Waals surface area contributed by atoms with Crippen molar-refractivity contribution in [3.05, 3.63) is 34.2 Å². The third-order valence-electron chi connectivity index (χ3n) is 2.30. The van der Waals surface area contributed by atoms with Gasteiger partial charge in [0.2, 0.25) is 5.56 Å². The van der Waals surface area contributed by atoms with Crippen LogP contribution in [-0.2, 0) is 0 Å². The molecule has 1 amide bonds. The SMILES string of the molecule is CNCCCN(C)C(=O)c1ccc(=O)[nH]c1. The molecule has 0 saturated carbocycles. The van der Waals surface area contributed by atoms with Crippen molar-refractivity contribution in [2.45, 2.75) is 6.42 Å². The van der Waals surface area contributed by atoms with Gasteiger partial charge in [-0.3, -0.25) is 9.59 Å². The maximum absolute atomic E-state index is 11.8. The highest BCUT2D eigenvalue weighted by molar-refractivity contribution is 5.93. The highest BCUT2D eigenvalue weighted by Gasteiger charge is 2.10. The second kappa shape index (κ2) is 6.07. The summed E-state index contributed by atoms with van der Waals surface area (Å²) < 4.78 is 0. The number of hydrogen-bond acceptors (Lipinski definition) is 3. The Kier molecular flexibility index (Phi) is 4.72. The van der Waals surface area contributed by atoms with Gasteiger partial charge in [-0.2, -0.15) is 0 Å². The smallest absolute Gasteiger partial charge is 0.255 e. The molecule has 0 aliphatic carbocycles. The summed E-state index contributed by atoms with van der Waals surface area (Å²) in [6.45, 7) is 1.57. The van der Waals surface area contributed by atoms with Crippen molar-refractivity contribution >= 4 is 5.91 Å². The van der Waals surface area contributed by atoms with Crippen molar-refractivity contribution in [1.29, 1.82) is 0 Å². The number of H-pyrrole nitrogens is 1. The fourth-order valence-electron chi connectivity index (χ4n) is 1.36. The third-order valence-corrected chi connectivity index (χ3v) is 2.30. The highest BCUT2D eigenvalue weighted by Crippen LogP contribution is 2.00. The van der Waals surface area contributed by atoms with E-state index in [1.807, 2.05) is 7.05 Å². The van der Waals surface area contributed by atoms with Crippen molar-refractivity contribution in [2.75, 3.05) is 27.2 Å². The number of aromatic nitrogens is 1. The average molecular weight is 223 g/mol. The van der Waals surface area contributed by atoms with Crippen LogP contribution in [0.3, 0.4) is 0 Å². The monoisotopic (exact) mass is 223 g/mol. The number of carbonyl (C=O) groups excluding carboxylic acids is 1. The first-order valence-electron chi connectivity index (χ1n) is 5.24. The summed E-state index contributed by atoms with van der Waals surface area (Å²) >= 11 is 0. The van der Waals surface area contributed by atoms with Crippen LogP contribution in [0.2, 0.25) is 0 Å². The summed E-state index contributed by atoms with van der Waals surface area (Å²) in [6, 6.07) is 2.89. The molecule has 2 N–H and O–H groups in total. The Balaban J connectivity index is 2.56. The molecule has 0 aliphatic rings. The average Bonchev–Trinajstić information content (AvgIpc) is 2.29. The van der Waals surface area contributed by atoms with E-state index < -0.39 is 0 Å². The quantitative estimate of drug-likeness (QED) is 0.694. The first-order valence-corrected chi connectivity index (χ1v) is 5.24. The van der Waals surface area contributed by atoms with Crippen molar-refractivity contribution in [3.63, 3.8) is 0 Å². The number of amides is 1. The summed E-state index contributed by atoms with van der Waals surface area (Å²) in [4.78, 5) is 26.8. The van der Waals surface area contributed by atoms with Crippen LogP contribution in [0.25, 0.3) is 0 Å². The molecule has 1 rings (SSSR count). The number of hydrogen-bond donors (Lipinski definition) is 2. The minimum atomic E-state index is -0.200. The van der Waals surface area contributed by atoms with Gasteiger partial charge in [-0.1, -0.05) is 0 Å². The molecule has 5 heteroatoms. The topological polar surface area (TPSA) is 65.2 Å². The predicted molar refractivity (Wildman–Crippen MR) is 62.6 cm³/mol. The molecule has 0 atom stereocenters. The molecule has 88 valence electrons. The summed E-state index contributed by atoms with van der Waals surface area (Å²) in [5.41, 5.74) is 0.306. The van der Waals surface area contributed by atoms with Crippen molar-refractivity contribution < 1.29 is 4.79 Å². The van der Waals surface area contributed by atoms with Crippen LogP contribution in [0.15, 0.2) is 23.1 Å². The minimum absolute atomic E-state index is 0.0765. The minimum Gasteiger partial charge on any atom is -0.342 e. The lowest BCUT2D eigenvalue weighted by molar-refractivity contribution is 0.0793. The van der Waals surface area contributed by atoms with Gasteiger partial charge in [-0.05, 0) is 26.1 Å². The van der Waals surface area contributed by atoms with Gasteiger partial charge in [0.25, 0.3) is 5.91 Å². The lowest BCUT2D eigenvalue weighted by Gasteiger charge is -2.16. The Hall–Kier alpha value is -1.62. The Morgan fingerprint density at radius 1 is 1.50 bits per heavy atom. The Morgan fingerprint density at radius 2 is 2.25 bits per heavy atom. The lowest BCUT2D eigenvalue weighted by Crippen LogP contribution is -2.29. The molecule has 1 aromatic rings. The van der Waals surface area contributed by atoms with Crippen molar-refractivity contribution in [3.8, 4) is 0 Å². The van der Waals surface area contributed by atoms with Crippen molar-refractivity contribution in [1.82, 2.24) is 15.2 Å². The maximum atomic E-state index is 11.8. The molecule has 0 saturated heterocycles. The number of aromatic amines is 1. The molecule has 0 fully saturated rings. The second-order valence-electron chi connectivity index (χ2n) is 3.63. The zero-order chi connectivity index (χ0) is 12.0. The molecule has 1 aromatic heterocycles. The van der Waals surface area contributed by atoms with Gasteiger partial charge in [0.15, 0.2) is 0 Å². The van der Waals surface area contributed by atoms with Gasteiger partial charge in [-0.15, -0.1) is 0 Å². The first kappa shape index (κ1) is 12.4. The molecule has 5 nitrogen and oxygen atoms in total. The summed E-state index contributed by atoms with van der Waals surface area (Å²) in [5.74, 6) is -0.0765. The van der Waals surface area contributed by atoms with Crippen LogP contribution < -0.4 is 10.9 Å². The molecule has 0 unspecified atom stereocenters. The van der Waals surface area contributed by atoms with Crippen molar-refractivity contribution in [2.24, 2.45) is 0 Å². The summed E-state index contributed by atoms with van der Waals surface area (Å²) in [6.07, 6.45) is 2.35. The fraction of sp³-hybridized carbons (Fsp3) is 0.455. The Morgan fingerprint density at radius 3 is 2.81 bits per heavy atom. The van der Waals surface area contributed by atoms with Crippen LogP contribution in [0.4, 0.5) is 0 Å². The van der Waals surface area contributed by atoms with E-state index in [-0.39, 0.29) is 11.5 Å². The Labute approximate surface area is 94.5 Å². The standard InChI is InChI=1S/C11H17N3O2/c1-12-6-3-7-14(2)11(16)9-4-5-10(15)13-8-9/h4-5,8,12H,3,6-7H2,1-2H3,(H,13,15). The zero-order valence-corrected chi connectivity index (χ0v) is 9.62. The summed E-state index contributed by atoms with van der Waals surface area (Å²) in [5, 5.41) is 3.02. The largest absolute Gasteiger partial charge is 0.342 e. The van der Waals surface area contributed by atoms with E-state index in [4.69, 9.17) is 0 Å². The van der Waals surface area contributed by atoms with Gasteiger partial charge in [0.1, 0.15) is 0 Å². The van der Waals surface area contributed by atoms with E-state index in [1.54, 1.807) is 11.9 Å². The molecular weight excluding hydrogens is 206 g/mol. The maximum Gasteiger partial charge on any atom is 0.255 e. The molecule has 0 bridgehead atoms. The van der Waals surface area contributed by atoms with Gasteiger partial charge in [0.05, 0.1) is 5.56 Å². The van der Waals surface area contributed by atoms with Crippen LogP contribution >= 0.6 is 0 Å². The number of nitrogens with zero attached hydrogens (tertiary/aromatic N) is 1. The third kappa shape index (κ3) is 3.51. The van der Waals surface area contributed by atoms with Gasteiger partial charge < -0.3 is 15.2 Å². The van der Waals surface area contributed by atoms with Gasteiger partial charge in [-0.25, -0.2) is 0 Å². The second-order valence-corrected chi connectivity index (χ2v) is 3.63. The molecule has 0 aliphatic heterocycles. The van der Waals surface area contributed by atoms with Gasteiger partial charge >= 0.3 is 0 Å². The molecule has 0 spiro atoms. The van der Waals surface area contributed by atoms with E-state index in [9.17, 15) is 9.59 Å². The zero-order valence-electron chi connectivity index (χ0n) is 9.62. The number of nitrogens with one attached hydrogen (secondary N) is 2. The Bertz CT molecular complexity index is 380. The van der Waals surface area contributed by atoms with E-state index >= 15 is 0 Å². The number of carbonyl (C=O) groups is 1. The normalized spacial score (nSPS) is 10.1. The molecule has 0 radical (unpaired) electrons. The first-order chi connectivity index (χ1) is 7.65. The number of pyridine rings is 1. The molecule has 1 heterocycles. The van der Waals surface area contributed by atoms with E-state index in [0.717, 1.165) is 13.0 Å². The van der Waals surface area contributed by atoms with E-state index in [2.05, 4.69) is 10.3 Å². The van der Waals surface area contributed by atoms with Crippen LogP contribution in [0.1, 0.15) is 16.8 Å². The van der Waals surface area contributed by atoms with Crippen LogP contribution in [-0.4, -0.2) is 43.0 Å². The predicted octanol–water partition coefficient (Wildman–Crippen LogP) is 0.0564. The van der Waals surface area contributed by atoms with Crippen LogP contribution in [0, 0.1) is 0 Å². The van der Waals surface area contributed by atoms with Crippen LogP contribution in [0.5, 0.6) is 0 Å². The molecule has 0 aromatic carbocycles. The van der Waals surface area contributed by atoms with E-state index in [0.29, 0.717) is 12.1 Å². The molecular formula is C11H17N3O2. The molecule has 16 heavy (non-hydrogen) atoms. The summed E-state index contributed by atoms with van der Waals surface area (Å²) in [7, 11) is 3.63. The highest BCUT2D eigenvalue weighted by atomic mass is 16.2. The van der Waals surface area contributed by atoms with E-state index in [1.165, 1.54) is 18.3 Å².